The Balaban J connectivity index is 2.05. The van der Waals surface area contributed by atoms with Crippen LogP contribution in [0.2, 0.25) is 10.0 Å². The average molecular weight is 366 g/mol. The predicted molar refractivity (Wildman–Crippen MR) is 95.9 cm³/mol. The monoisotopic (exact) mass is 365 g/mol. The number of amides is 1. The van der Waals surface area contributed by atoms with Crippen molar-refractivity contribution in [2.24, 2.45) is 0 Å². The summed E-state index contributed by atoms with van der Waals surface area (Å²) >= 11 is 11.9. The number of carbonyl (C=O) groups is 2. The summed E-state index contributed by atoms with van der Waals surface area (Å²) in [6.45, 7) is 5.25. The highest BCUT2D eigenvalue weighted by Crippen LogP contribution is 2.25. The second kappa shape index (κ2) is 7.69. The molecule has 1 unspecified atom stereocenters. The zero-order valence-electron chi connectivity index (χ0n) is 13.5. The van der Waals surface area contributed by atoms with E-state index in [1.165, 1.54) is 13.0 Å². The quantitative estimate of drug-likeness (QED) is 0.792. The van der Waals surface area contributed by atoms with Gasteiger partial charge in [0.2, 0.25) is 0 Å². The van der Waals surface area contributed by atoms with Gasteiger partial charge < -0.3 is 10.1 Å². The molecule has 0 heterocycles. The summed E-state index contributed by atoms with van der Waals surface area (Å²) in [5.74, 6) is -1.04. The van der Waals surface area contributed by atoms with Gasteiger partial charge in [-0.1, -0.05) is 40.9 Å². The van der Waals surface area contributed by atoms with Gasteiger partial charge in [0.05, 0.1) is 16.3 Å². The third-order valence-corrected chi connectivity index (χ3v) is 4.01. The van der Waals surface area contributed by atoms with Crippen LogP contribution in [0.5, 0.6) is 0 Å². The Labute approximate surface area is 150 Å². The molecular formula is C18H17Cl2NO3. The lowest BCUT2D eigenvalue weighted by Gasteiger charge is -2.15. The van der Waals surface area contributed by atoms with Crippen molar-refractivity contribution in [2.75, 3.05) is 5.32 Å². The van der Waals surface area contributed by atoms with E-state index in [2.05, 4.69) is 5.32 Å². The molecule has 1 N–H and O–H groups in total. The molecule has 24 heavy (non-hydrogen) atoms. The van der Waals surface area contributed by atoms with Gasteiger partial charge in [-0.3, -0.25) is 4.79 Å². The number of rotatable bonds is 4. The number of hydrogen-bond donors (Lipinski definition) is 1. The highest BCUT2D eigenvalue weighted by molar-refractivity contribution is 6.35. The zero-order valence-corrected chi connectivity index (χ0v) is 15.0. The molecule has 2 rings (SSSR count). The van der Waals surface area contributed by atoms with E-state index in [0.29, 0.717) is 21.3 Å². The molecule has 2 aromatic carbocycles. The van der Waals surface area contributed by atoms with E-state index < -0.39 is 18.0 Å². The third-order valence-electron chi connectivity index (χ3n) is 3.44. The molecule has 0 spiro atoms. The van der Waals surface area contributed by atoms with Gasteiger partial charge in [0, 0.05) is 5.02 Å². The van der Waals surface area contributed by atoms with E-state index >= 15 is 0 Å². The van der Waals surface area contributed by atoms with Gasteiger partial charge in [-0.25, -0.2) is 4.79 Å². The van der Waals surface area contributed by atoms with Crippen LogP contribution in [0.3, 0.4) is 0 Å². The summed E-state index contributed by atoms with van der Waals surface area (Å²) in [6.07, 6.45) is -0.978. The number of benzene rings is 2. The van der Waals surface area contributed by atoms with E-state index in [1.807, 2.05) is 26.0 Å². The molecule has 0 aliphatic carbocycles. The average Bonchev–Trinajstić information content (AvgIpc) is 2.50. The fraction of sp³-hybridized carbons (Fsp3) is 0.222. The van der Waals surface area contributed by atoms with Gasteiger partial charge in [-0.2, -0.15) is 0 Å². The first kappa shape index (κ1) is 18.3. The van der Waals surface area contributed by atoms with Crippen LogP contribution < -0.4 is 5.32 Å². The van der Waals surface area contributed by atoms with E-state index in [1.54, 1.807) is 18.2 Å². The van der Waals surface area contributed by atoms with Crippen molar-refractivity contribution >= 4 is 40.8 Å². The van der Waals surface area contributed by atoms with Crippen molar-refractivity contribution in [3.8, 4) is 0 Å². The SMILES string of the molecule is Cc1ccc(C(=O)OC(C)C(=O)Nc2cc(Cl)ccc2Cl)c(C)c1. The van der Waals surface area contributed by atoms with Gasteiger partial charge >= 0.3 is 5.97 Å². The number of esters is 1. The van der Waals surface area contributed by atoms with Gasteiger partial charge in [0.25, 0.3) is 5.91 Å². The summed E-state index contributed by atoms with van der Waals surface area (Å²) in [5.41, 5.74) is 2.64. The lowest BCUT2D eigenvalue weighted by atomic mass is 10.1. The number of anilines is 1. The summed E-state index contributed by atoms with van der Waals surface area (Å²) in [5, 5.41) is 3.39. The first-order valence-electron chi connectivity index (χ1n) is 7.32. The normalized spacial score (nSPS) is 11.7. The largest absolute Gasteiger partial charge is 0.449 e. The fourth-order valence-corrected chi connectivity index (χ4v) is 2.48. The fourth-order valence-electron chi connectivity index (χ4n) is 2.15. The molecule has 0 aliphatic rings. The van der Waals surface area contributed by atoms with Crippen LogP contribution in [0.25, 0.3) is 0 Å². The Bertz CT molecular complexity index is 790. The molecule has 0 saturated carbocycles. The Morgan fingerprint density at radius 3 is 2.46 bits per heavy atom. The van der Waals surface area contributed by atoms with E-state index in [4.69, 9.17) is 27.9 Å². The molecule has 0 bridgehead atoms. The van der Waals surface area contributed by atoms with Crippen LogP contribution in [-0.2, 0) is 9.53 Å². The van der Waals surface area contributed by atoms with Gasteiger partial charge in [0.1, 0.15) is 0 Å². The smallest absolute Gasteiger partial charge is 0.339 e. The molecule has 1 atom stereocenters. The maximum Gasteiger partial charge on any atom is 0.339 e. The Morgan fingerprint density at radius 2 is 1.79 bits per heavy atom. The van der Waals surface area contributed by atoms with Gasteiger partial charge in [-0.15, -0.1) is 0 Å². The molecule has 0 radical (unpaired) electrons. The summed E-state index contributed by atoms with van der Waals surface area (Å²) < 4.78 is 5.23. The maximum absolute atomic E-state index is 12.2. The number of carbonyl (C=O) groups excluding carboxylic acids is 2. The van der Waals surface area contributed by atoms with Crippen molar-refractivity contribution in [2.45, 2.75) is 26.9 Å². The van der Waals surface area contributed by atoms with Crippen molar-refractivity contribution in [3.63, 3.8) is 0 Å². The molecule has 4 nitrogen and oxygen atoms in total. The molecule has 0 saturated heterocycles. The molecule has 6 heteroatoms. The highest BCUT2D eigenvalue weighted by atomic mass is 35.5. The molecule has 0 fully saturated rings. The Morgan fingerprint density at radius 1 is 1.08 bits per heavy atom. The number of ether oxygens (including phenoxy) is 1. The minimum Gasteiger partial charge on any atom is -0.449 e. The Hall–Kier alpha value is -2.04. The minimum atomic E-state index is -0.978. The van der Waals surface area contributed by atoms with Crippen LogP contribution >= 0.6 is 23.2 Å². The summed E-state index contributed by atoms with van der Waals surface area (Å²) in [7, 11) is 0. The minimum absolute atomic E-state index is 0.348. The van der Waals surface area contributed by atoms with Crippen LogP contribution in [0.15, 0.2) is 36.4 Å². The van der Waals surface area contributed by atoms with Crippen LogP contribution in [0.1, 0.15) is 28.4 Å². The molecule has 0 aromatic heterocycles. The van der Waals surface area contributed by atoms with Crippen molar-refractivity contribution in [3.05, 3.63) is 63.1 Å². The number of nitrogens with one attached hydrogen (secondary N) is 1. The second-order valence-corrected chi connectivity index (χ2v) is 6.32. The molecule has 2 aromatic rings. The lowest BCUT2D eigenvalue weighted by molar-refractivity contribution is -0.123. The van der Waals surface area contributed by atoms with Crippen molar-refractivity contribution in [1.82, 2.24) is 0 Å². The third kappa shape index (κ3) is 4.49. The lowest BCUT2D eigenvalue weighted by Crippen LogP contribution is -2.30. The van der Waals surface area contributed by atoms with Gasteiger partial charge in [-0.05, 0) is 50.6 Å². The summed E-state index contributed by atoms with van der Waals surface area (Å²) in [4.78, 5) is 24.4. The van der Waals surface area contributed by atoms with Crippen molar-refractivity contribution < 1.29 is 14.3 Å². The van der Waals surface area contributed by atoms with E-state index in [-0.39, 0.29) is 0 Å². The van der Waals surface area contributed by atoms with Crippen molar-refractivity contribution in [1.29, 1.82) is 0 Å². The summed E-state index contributed by atoms with van der Waals surface area (Å²) in [6, 6.07) is 10.1. The molecule has 0 aliphatic heterocycles. The molecule has 1 amide bonds. The second-order valence-electron chi connectivity index (χ2n) is 5.48. The van der Waals surface area contributed by atoms with Crippen LogP contribution in [-0.4, -0.2) is 18.0 Å². The number of halogens is 2. The maximum atomic E-state index is 12.2. The molecule has 126 valence electrons. The Kier molecular flexibility index (Phi) is 5.86. The van der Waals surface area contributed by atoms with E-state index in [0.717, 1.165) is 11.1 Å². The predicted octanol–water partition coefficient (Wildman–Crippen LogP) is 4.79. The zero-order chi connectivity index (χ0) is 17.9. The molecular weight excluding hydrogens is 349 g/mol. The standard InChI is InChI=1S/C18H17Cl2NO3/c1-10-4-6-14(11(2)8-10)18(23)24-12(3)17(22)21-16-9-13(19)5-7-15(16)20/h4-9,12H,1-3H3,(H,21,22). The van der Waals surface area contributed by atoms with Crippen LogP contribution in [0, 0.1) is 13.8 Å². The van der Waals surface area contributed by atoms with Gasteiger partial charge in [0.15, 0.2) is 6.10 Å². The van der Waals surface area contributed by atoms with Crippen LogP contribution in [0.4, 0.5) is 5.69 Å². The highest BCUT2D eigenvalue weighted by Gasteiger charge is 2.21. The number of aryl methyl sites for hydroxylation is 2. The first-order chi connectivity index (χ1) is 11.3. The first-order valence-corrected chi connectivity index (χ1v) is 8.07. The topological polar surface area (TPSA) is 55.4 Å². The number of hydrogen-bond acceptors (Lipinski definition) is 3. The van der Waals surface area contributed by atoms with E-state index in [9.17, 15) is 9.59 Å².